The highest BCUT2D eigenvalue weighted by Gasteiger charge is 2.03. The molecule has 0 bridgehead atoms. The van der Waals surface area contributed by atoms with Crippen LogP contribution in [0.15, 0.2) is 53.0 Å². The van der Waals surface area contributed by atoms with Crippen molar-refractivity contribution in [1.82, 2.24) is 5.32 Å². The van der Waals surface area contributed by atoms with Crippen molar-refractivity contribution in [1.29, 1.82) is 0 Å². The smallest absolute Gasteiger partial charge is 0.0732 e. The van der Waals surface area contributed by atoms with Crippen LogP contribution < -0.4 is 5.32 Å². The Bertz CT molecular complexity index is 542. The molecule has 2 aromatic carbocycles. The first-order valence-electron chi connectivity index (χ1n) is 6.84. The maximum absolute atomic E-state index is 5.86. The van der Waals surface area contributed by atoms with Gasteiger partial charge in [-0.05, 0) is 42.8 Å². The molecule has 0 spiro atoms. The molecule has 2 nitrogen and oxygen atoms in total. The third kappa shape index (κ3) is 4.44. The van der Waals surface area contributed by atoms with Crippen molar-refractivity contribution in [3.05, 3.63) is 69.7 Å². The van der Waals surface area contributed by atoms with Gasteiger partial charge in [-0.1, -0.05) is 58.4 Å². The fourth-order valence-corrected chi connectivity index (χ4v) is 2.49. The van der Waals surface area contributed by atoms with E-state index in [0.717, 1.165) is 17.4 Å². The summed E-state index contributed by atoms with van der Waals surface area (Å²) in [6, 6.07) is 16.6. The molecule has 0 aliphatic heterocycles. The lowest BCUT2D eigenvalue weighted by molar-refractivity contribution is 0.106. The molecule has 0 amide bonds. The van der Waals surface area contributed by atoms with E-state index in [1.54, 1.807) is 0 Å². The summed E-state index contributed by atoms with van der Waals surface area (Å²) in [4.78, 5) is 0. The lowest BCUT2D eigenvalue weighted by atomic mass is 10.1. The lowest BCUT2D eigenvalue weighted by Crippen LogP contribution is -2.11. The zero-order valence-corrected chi connectivity index (χ0v) is 13.3. The maximum atomic E-state index is 5.86. The van der Waals surface area contributed by atoms with Gasteiger partial charge in [-0.3, -0.25) is 0 Å². The summed E-state index contributed by atoms with van der Waals surface area (Å²) in [6.45, 7) is 2.27. The van der Waals surface area contributed by atoms with E-state index in [4.69, 9.17) is 4.74 Å². The van der Waals surface area contributed by atoms with E-state index < -0.39 is 0 Å². The molecule has 1 N–H and O–H groups in total. The van der Waals surface area contributed by atoms with Gasteiger partial charge in [0.05, 0.1) is 13.2 Å². The Labute approximate surface area is 129 Å². The highest BCUT2D eigenvalue weighted by molar-refractivity contribution is 9.10. The number of ether oxygens (including phenoxy) is 1. The molecule has 106 valence electrons. The summed E-state index contributed by atoms with van der Waals surface area (Å²) >= 11 is 3.54. The minimum Gasteiger partial charge on any atom is -0.372 e. The van der Waals surface area contributed by atoms with Gasteiger partial charge in [-0.25, -0.2) is 0 Å². The third-order valence-electron chi connectivity index (χ3n) is 3.24. The molecule has 0 saturated carbocycles. The zero-order valence-electron chi connectivity index (χ0n) is 11.7. The monoisotopic (exact) mass is 333 g/mol. The van der Waals surface area contributed by atoms with Crippen molar-refractivity contribution in [2.45, 2.75) is 19.6 Å². The van der Waals surface area contributed by atoms with Crippen LogP contribution in [0.2, 0.25) is 0 Å². The van der Waals surface area contributed by atoms with Gasteiger partial charge in [0.25, 0.3) is 0 Å². The van der Waals surface area contributed by atoms with Gasteiger partial charge in [0.2, 0.25) is 0 Å². The minimum atomic E-state index is 0.627. The zero-order chi connectivity index (χ0) is 14.2. The fourth-order valence-electron chi connectivity index (χ4n) is 2.09. The molecule has 2 aromatic rings. The van der Waals surface area contributed by atoms with E-state index in [1.165, 1.54) is 16.7 Å². The highest BCUT2D eigenvalue weighted by atomic mass is 79.9. The van der Waals surface area contributed by atoms with Gasteiger partial charge >= 0.3 is 0 Å². The molecule has 3 heteroatoms. The molecule has 2 rings (SSSR count). The van der Waals surface area contributed by atoms with Crippen molar-refractivity contribution in [3.8, 4) is 0 Å². The van der Waals surface area contributed by atoms with Gasteiger partial charge in [0, 0.05) is 4.47 Å². The van der Waals surface area contributed by atoms with E-state index in [1.807, 2.05) is 25.2 Å². The van der Waals surface area contributed by atoms with E-state index in [9.17, 15) is 0 Å². The van der Waals surface area contributed by atoms with Crippen LogP contribution >= 0.6 is 15.9 Å². The van der Waals surface area contributed by atoms with Crippen LogP contribution in [0.4, 0.5) is 0 Å². The third-order valence-corrected chi connectivity index (χ3v) is 4.01. The van der Waals surface area contributed by atoms with Gasteiger partial charge in [0.1, 0.15) is 0 Å². The largest absolute Gasteiger partial charge is 0.372 e. The molecule has 0 radical (unpaired) electrons. The Morgan fingerprint density at radius 3 is 2.20 bits per heavy atom. The second kappa shape index (κ2) is 8.20. The number of hydrogen-bond acceptors (Lipinski definition) is 2. The number of hydrogen-bond donors (Lipinski definition) is 1. The van der Waals surface area contributed by atoms with Crippen molar-refractivity contribution >= 4 is 15.9 Å². The van der Waals surface area contributed by atoms with E-state index in [-0.39, 0.29) is 0 Å². The number of rotatable bonds is 7. The van der Waals surface area contributed by atoms with Crippen molar-refractivity contribution in [2.75, 3.05) is 13.6 Å². The predicted octanol–water partition coefficient (Wildman–Crippen LogP) is 3.93. The van der Waals surface area contributed by atoms with E-state index in [2.05, 4.69) is 51.6 Å². The number of nitrogens with one attached hydrogen (secondary N) is 1. The molecule has 0 atom stereocenters. The predicted molar refractivity (Wildman–Crippen MR) is 86.7 cm³/mol. The molecule has 0 aliphatic carbocycles. The van der Waals surface area contributed by atoms with Crippen LogP contribution in [0.3, 0.4) is 0 Å². The number of likely N-dealkylation sites (N-methyl/N-ethyl adjacent to an activating group) is 1. The summed E-state index contributed by atoms with van der Waals surface area (Å²) < 4.78 is 6.96. The lowest BCUT2D eigenvalue weighted by Gasteiger charge is -2.11. The molecular formula is C17H20BrNO. The van der Waals surface area contributed by atoms with Gasteiger partial charge in [-0.2, -0.15) is 0 Å². The van der Waals surface area contributed by atoms with Crippen molar-refractivity contribution < 1.29 is 4.74 Å². The van der Waals surface area contributed by atoms with Crippen LogP contribution in [0.5, 0.6) is 0 Å². The normalized spacial score (nSPS) is 10.7. The summed E-state index contributed by atoms with van der Waals surface area (Å²) in [6.07, 6.45) is 1.03. The summed E-state index contributed by atoms with van der Waals surface area (Å²) in [5.41, 5.74) is 3.81. The Morgan fingerprint density at radius 1 is 0.900 bits per heavy atom. The molecular weight excluding hydrogens is 314 g/mol. The van der Waals surface area contributed by atoms with Crippen LogP contribution in [-0.2, 0) is 24.4 Å². The maximum Gasteiger partial charge on any atom is 0.0732 e. The molecule has 0 fully saturated rings. The number of benzene rings is 2. The summed E-state index contributed by atoms with van der Waals surface area (Å²) in [7, 11) is 1.98. The topological polar surface area (TPSA) is 21.3 Å². The van der Waals surface area contributed by atoms with E-state index in [0.29, 0.717) is 13.2 Å². The Morgan fingerprint density at radius 2 is 1.50 bits per heavy atom. The van der Waals surface area contributed by atoms with E-state index >= 15 is 0 Å². The second-order valence-electron chi connectivity index (χ2n) is 4.71. The fraction of sp³-hybridized carbons (Fsp3) is 0.294. The Kier molecular flexibility index (Phi) is 6.25. The standard InChI is InChI=1S/C17H20BrNO/c1-19-11-10-14-6-2-3-7-15(14)12-20-13-16-8-4-5-9-17(16)18/h2-9,19H,10-13H2,1H3. The molecule has 20 heavy (non-hydrogen) atoms. The van der Waals surface area contributed by atoms with Gasteiger partial charge in [-0.15, -0.1) is 0 Å². The first-order valence-corrected chi connectivity index (χ1v) is 7.63. The molecule has 0 aliphatic rings. The first-order chi connectivity index (χ1) is 9.81. The SMILES string of the molecule is CNCCc1ccccc1COCc1ccccc1Br. The second-order valence-corrected chi connectivity index (χ2v) is 5.56. The van der Waals surface area contributed by atoms with Crippen molar-refractivity contribution in [2.24, 2.45) is 0 Å². The van der Waals surface area contributed by atoms with Crippen LogP contribution in [-0.4, -0.2) is 13.6 Å². The van der Waals surface area contributed by atoms with Crippen LogP contribution in [0.1, 0.15) is 16.7 Å². The van der Waals surface area contributed by atoms with Gasteiger partial charge in [0.15, 0.2) is 0 Å². The van der Waals surface area contributed by atoms with Gasteiger partial charge < -0.3 is 10.1 Å². The number of halogens is 1. The first kappa shape index (κ1) is 15.2. The summed E-state index contributed by atoms with van der Waals surface area (Å²) in [5, 5.41) is 3.19. The average molecular weight is 334 g/mol. The molecule has 0 heterocycles. The Hall–Kier alpha value is -1.16. The summed E-state index contributed by atoms with van der Waals surface area (Å²) in [5.74, 6) is 0. The minimum absolute atomic E-state index is 0.627. The molecule has 0 unspecified atom stereocenters. The quantitative estimate of drug-likeness (QED) is 0.828. The van der Waals surface area contributed by atoms with Crippen molar-refractivity contribution in [3.63, 3.8) is 0 Å². The Balaban J connectivity index is 1.92. The highest BCUT2D eigenvalue weighted by Crippen LogP contribution is 2.18. The molecule has 0 aromatic heterocycles. The average Bonchev–Trinajstić information content (AvgIpc) is 2.48. The molecule has 0 saturated heterocycles. The van der Waals surface area contributed by atoms with Crippen LogP contribution in [0, 0.1) is 0 Å². The van der Waals surface area contributed by atoms with Crippen LogP contribution in [0.25, 0.3) is 0 Å².